The van der Waals surface area contributed by atoms with Crippen LogP contribution in [0.2, 0.25) is 0 Å². The van der Waals surface area contributed by atoms with Gasteiger partial charge in [0.1, 0.15) is 16.9 Å². The highest BCUT2D eigenvalue weighted by Gasteiger charge is 2.38. The third-order valence-electron chi connectivity index (χ3n) is 26.8. The van der Waals surface area contributed by atoms with Crippen LogP contribution in [0.4, 0.5) is 17.8 Å². The van der Waals surface area contributed by atoms with Gasteiger partial charge in [-0.2, -0.15) is 15.0 Å². The summed E-state index contributed by atoms with van der Waals surface area (Å²) in [5.41, 5.74) is 7.03. The van der Waals surface area contributed by atoms with E-state index in [-0.39, 0.29) is 36.3 Å². The number of carbonyl (C=O) groups excluding carboxylic acids is 3. The van der Waals surface area contributed by atoms with Gasteiger partial charge in [0, 0.05) is 135 Å². The summed E-state index contributed by atoms with van der Waals surface area (Å²) < 4.78 is 7.13. The van der Waals surface area contributed by atoms with Crippen molar-refractivity contribution in [1.29, 1.82) is 0 Å². The van der Waals surface area contributed by atoms with Crippen molar-refractivity contribution in [3.05, 3.63) is 53.9 Å². The Kier molecular flexibility index (Phi) is 28.5. The highest BCUT2D eigenvalue weighted by atomic mass is 16.3. The van der Waals surface area contributed by atoms with Gasteiger partial charge < -0.3 is 65.0 Å². The molecule has 0 spiro atoms. The Hall–Kier alpha value is -6.57. The zero-order valence-electron chi connectivity index (χ0n) is 68.2. The molecule has 0 bridgehead atoms. The Morgan fingerprint density at radius 1 is 0.418 bits per heavy atom. The Morgan fingerprint density at radius 2 is 0.736 bits per heavy atom. The van der Waals surface area contributed by atoms with Crippen molar-refractivity contribution in [2.24, 2.45) is 5.92 Å². The standard InChI is InChI=1S/2C29H46N6O2.C28H44N6O2/c2*1-4-7-20(2)31-29-30-18-24-25(19-35(27(24)32-29)22-9-11-23(36)12-10-22)21-13-16-34(17-14-21)28(37)26-8-5-6-15-33(26)3;1-3-5-19(2)31-28-30-17-24-25(18-34(26(24)32-28)22-7-9-23(35)10-8-22)20-11-14-33(15-12-20)27(36)21-6-4-13-29-16-21/h2*18-23,26,36H,4-17H2,1-3H3,(H,30,31,32);17-23,29,35H,3-16H2,1-2H3,(H,30,31,32)/t20-,22?,23?,26?;20-,22?,23?,26-;19-,21-,22?,23?/m000/s1. The summed E-state index contributed by atoms with van der Waals surface area (Å²) in [7, 11) is 4.19. The van der Waals surface area contributed by atoms with Crippen LogP contribution in [-0.2, 0) is 14.4 Å². The van der Waals surface area contributed by atoms with E-state index in [1.165, 1.54) is 29.5 Å². The highest BCUT2D eigenvalue weighted by molar-refractivity contribution is 5.86. The zero-order valence-corrected chi connectivity index (χ0v) is 68.2. The summed E-state index contributed by atoms with van der Waals surface area (Å²) >= 11 is 0. The molecule has 6 atom stereocenters. The summed E-state index contributed by atoms with van der Waals surface area (Å²) in [6.45, 7) is 22.0. The summed E-state index contributed by atoms with van der Waals surface area (Å²) in [6, 6.07) is 2.20. The van der Waals surface area contributed by atoms with E-state index >= 15 is 0 Å². The number of hydrogen-bond acceptors (Lipinski definition) is 18. The lowest BCUT2D eigenvalue weighted by Crippen LogP contribution is -2.51. The summed E-state index contributed by atoms with van der Waals surface area (Å²) in [5, 5.41) is 47.6. The fourth-order valence-electron chi connectivity index (χ4n) is 20.1. The van der Waals surface area contributed by atoms with Crippen LogP contribution in [-0.4, -0.2) is 229 Å². The third-order valence-corrected chi connectivity index (χ3v) is 26.8. The molecule has 3 aliphatic carbocycles. The lowest BCUT2D eigenvalue weighted by atomic mass is 9.88. The predicted octanol–water partition coefficient (Wildman–Crippen LogP) is 13.6. The molecule has 6 aliphatic heterocycles. The molecule has 9 fully saturated rings. The topological polar surface area (TPSA) is 268 Å². The number of fused-ring (bicyclic) bond motifs is 3. The molecule has 1 unspecified atom stereocenters. The van der Waals surface area contributed by atoms with Crippen LogP contribution in [0.15, 0.2) is 37.2 Å². The summed E-state index contributed by atoms with van der Waals surface area (Å²) in [6.07, 6.45) is 44.8. The van der Waals surface area contributed by atoms with Gasteiger partial charge in [-0.3, -0.25) is 24.2 Å². The first-order valence-electron chi connectivity index (χ1n) is 43.9. The Bertz CT molecular complexity index is 3750. The molecule has 0 radical (unpaired) electrons. The molecule has 24 nitrogen and oxygen atoms in total. The van der Waals surface area contributed by atoms with Crippen molar-refractivity contribution < 1.29 is 29.7 Å². The van der Waals surface area contributed by atoms with Crippen molar-refractivity contribution in [3.63, 3.8) is 0 Å². The fraction of sp³-hybridized carbons (Fsp3) is 0.756. The van der Waals surface area contributed by atoms with Gasteiger partial charge in [-0.15, -0.1) is 0 Å². The SMILES string of the molecule is CCC[C@H](C)Nc1ncc2c(C3CCN(C(=O)C4CCCCN4C)CC3)cn(C3CCC(O)CC3)c2n1.CCC[C@H](C)Nc1ncc2c(C3CCN(C(=O)[C@@H]4CCCCN4C)CC3)cn(C3CCC(O)CC3)c2n1.CCC[C@H](C)Nc1ncc2c(C3CCN(C(=O)[C@H]4CCCNC4)CC3)cn(C3CCC(O)CC3)c2n1. The van der Waals surface area contributed by atoms with Gasteiger partial charge in [-0.1, -0.05) is 52.9 Å². The number of aliphatic hydroxyl groups is 3. The number of hydrogen-bond donors (Lipinski definition) is 7. The van der Waals surface area contributed by atoms with E-state index in [4.69, 9.17) is 29.9 Å². The van der Waals surface area contributed by atoms with Crippen LogP contribution in [0.25, 0.3) is 33.1 Å². The number of likely N-dealkylation sites (tertiary alicyclic amines) is 5. The van der Waals surface area contributed by atoms with Crippen molar-refractivity contribution in [3.8, 4) is 0 Å². The van der Waals surface area contributed by atoms with E-state index in [0.717, 1.165) is 291 Å². The van der Waals surface area contributed by atoms with Crippen molar-refractivity contribution in [2.75, 3.05) is 95.5 Å². The summed E-state index contributed by atoms with van der Waals surface area (Å²) in [5.74, 6) is 4.47. The maximum atomic E-state index is 13.3. The second kappa shape index (κ2) is 38.5. The second-order valence-corrected chi connectivity index (χ2v) is 35.0. The first-order valence-corrected chi connectivity index (χ1v) is 43.9. The highest BCUT2D eigenvalue weighted by Crippen LogP contribution is 2.43. The van der Waals surface area contributed by atoms with E-state index < -0.39 is 0 Å². The van der Waals surface area contributed by atoms with Crippen LogP contribution in [0.5, 0.6) is 0 Å². The normalized spacial score (nSPS) is 26.9. The van der Waals surface area contributed by atoms with Crippen LogP contribution in [0, 0.1) is 5.92 Å². The van der Waals surface area contributed by atoms with E-state index in [0.29, 0.717) is 89.6 Å². The van der Waals surface area contributed by atoms with Gasteiger partial charge in [-0.25, -0.2) is 15.0 Å². The van der Waals surface area contributed by atoms with Gasteiger partial charge >= 0.3 is 0 Å². The predicted molar refractivity (Wildman–Crippen MR) is 439 cm³/mol. The smallest absolute Gasteiger partial charge is 0.239 e. The van der Waals surface area contributed by atoms with Gasteiger partial charge in [0.25, 0.3) is 0 Å². The molecule has 0 aromatic carbocycles. The van der Waals surface area contributed by atoms with Gasteiger partial charge in [0.15, 0.2) is 0 Å². The van der Waals surface area contributed by atoms with E-state index in [1.807, 2.05) is 18.6 Å². The van der Waals surface area contributed by atoms with Gasteiger partial charge in [-0.05, 0) is 262 Å². The minimum absolute atomic E-state index is 0.0586. The monoisotopic (exact) mass is 1520 g/mol. The van der Waals surface area contributed by atoms with Gasteiger partial charge in [0.2, 0.25) is 35.6 Å². The average molecular weight is 1520 g/mol. The van der Waals surface area contributed by atoms with Gasteiger partial charge in [0.05, 0.1) is 36.3 Å². The molecule has 15 rings (SSSR count). The molecule has 6 saturated heterocycles. The fourth-order valence-corrected chi connectivity index (χ4v) is 20.1. The van der Waals surface area contributed by atoms with Crippen molar-refractivity contribution in [1.82, 2.24) is 73.4 Å². The van der Waals surface area contributed by atoms with Crippen molar-refractivity contribution in [2.45, 2.75) is 331 Å². The largest absolute Gasteiger partial charge is 0.393 e. The maximum Gasteiger partial charge on any atom is 0.239 e. The number of piperidine rings is 6. The molecule has 9 aliphatic rings. The zero-order chi connectivity index (χ0) is 77.0. The van der Waals surface area contributed by atoms with E-state index in [9.17, 15) is 29.7 Å². The summed E-state index contributed by atoms with van der Waals surface area (Å²) in [4.78, 5) is 79.6. The van der Waals surface area contributed by atoms with E-state index in [1.54, 1.807) is 0 Å². The van der Waals surface area contributed by atoms with Crippen LogP contribution in [0.3, 0.4) is 0 Å². The number of likely N-dealkylation sites (N-methyl/N-ethyl adjacent to an activating group) is 2. The van der Waals surface area contributed by atoms with Crippen LogP contribution < -0.4 is 21.3 Å². The number of anilines is 3. The first-order chi connectivity index (χ1) is 53.4. The number of aromatic nitrogens is 9. The second-order valence-electron chi connectivity index (χ2n) is 35.0. The number of nitrogens with zero attached hydrogens (tertiary/aromatic N) is 14. The average Bonchev–Trinajstić information content (AvgIpc) is 1.60. The Balaban J connectivity index is 0.000000145. The minimum atomic E-state index is -0.177. The third kappa shape index (κ3) is 19.8. The number of rotatable bonds is 21. The molecule has 3 saturated carbocycles. The number of amides is 3. The molecule has 606 valence electrons. The molecule has 12 heterocycles. The minimum Gasteiger partial charge on any atom is -0.393 e. The Morgan fingerprint density at radius 3 is 1.03 bits per heavy atom. The number of carbonyl (C=O) groups is 3. The molecule has 6 aromatic heterocycles. The first kappa shape index (κ1) is 81.4. The lowest BCUT2D eigenvalue weighted by molar-refractivity contribution is -0.139. The molecular weight excluding hydrogens is 1380 g/mol. The van der Waals surface area contributed by atoms with E-state index in [2.05, 4.69) is 134 Å². The Labute approximate surface area is 655 Å². The number of nitrogens with one attached hydrogen (secondary N) is 4. The number of aliphatic hydroxyl groups excluding tert-OH is 3. The van der Waals surface area contributed by atoms with Crippen LogP contribution in [0.1, 0.15) is 300 Å². The lowest BCUT2D eigenvalue weighted by Gasteiger charge is -2.38. The molecule has 6 aromatic rings. The quantitative estimate of drug-likeness (QED) is 0.0353. The molecular formula is C86H136N18O6. The maximum absolute atomic E-state index is 13.3. The molecule has 24 heteroatoms. The molecule has 110 heavy (non-hydrogen) atoms. The van der Waals surface area contributed by atoms with Crippen molar-refractivity contribution >= 4 is 68.7 Å². The molecule has 7 N–H and O–H groups in total. The van der Waals surface area contributed by atoms with Crippen LogP contribution >= 0.6 is 0 Å². The molecule has 3 amide bonds.